The summed E-state index contributed by atoms with van der Waals surface area (Å²) >= 11 is 0. The normalized spacial score (nSPS) is 11.5. The van der Waals surface area contributed by atoms with E-state index in [0.717, 1.165) is 5.69 Å². The summed E-state index contributed by atoms with van der Waals surface area (Å²) in [7, 11) is 5.52. The molecule has 11 heavy (non-hydrogen) atoms. The molecule has 1 rings (SSSR count). The van der Waals surface area contributed by atoms with Gasteiger partial charge < -0.3 is 5.73 Å². The number of hydrogen-bond donors (Lipinski definition) is 1. The van der Waals surface area contributed by atoms with Gasteiger partial charge in [-0.3, -0.25) is 0 Å². The molecule has 0 fully saturated rings. The number of rotatable bonds is 1. The molecule has 0 aliphatic rings. The molecular formula is C8H9BN2. The van der Waals surface area contributed by atoms with Crippen molar-refractivity contribution in [2.45, 2.75) is 6.92 Å². The van der Waals surface area contributed by atoms with Gasteiger partial charge in [0.1, 0.15) is 7.85 Å². The van der Waals surface area contributed by atoms with Crippen LogP contribution in [-0.4, -0.2) is 13.7 Å². The fraction of sp³-hybridized carbons (Fsp3) is 0.125. The third kappa shape index (κ3) is 2.46. The quantitative estimate of drug-likeness (QED) is 0.347. The van der Waals surface area contributed by atoms with E-state index in [0.29, 0.717) is 11.3 Å². The Morgan fingerprint density at radius 3 is 2.82 bits per heavy atom. The summed E-state index contributed by atoms with van der Waals surface area (Å²) in [4.78, 5) is 4.03. The molecule has 0 atom stereocenters. The lowest BCUT2D eigenvalue weighted by Gasteiger charge is -1.95. The van der Waals surface area contributed by atoms with Gasteiger partial charge in [0.25, 0.3) is 0 Å². The van der Waals surface area contributed by atoms with E-state index < -0.39 is 0 Å². The monoisotopic (exact) mass is 144 g/mol. The highest BCUT2D eigenvalue weighted by molar-refractivity contribution is 6.32. The summed E-state index contributed by atoms with van der Waals surface area (Å²) in [5, 5.41) is 0. The zero-order valence-electron chi connectivity index (χ0n) is 6.41. The lowest BCUT2D eigenvalue weighted by molar-refractivity contribution is 1.46. The van der Waals surface area contributed by atoms with Crippen molar-refractivity contribution in [2.24, 2.45) is 10.7 Å². The molecule has 0 bridgehead atoms. The Balaban J connectivity index is 2.97. The molecule has 0 amide bonds. The zero-order valence-corrected chi connectivity index (χ0v) is 6.41. The second-order valence-corrected chi connectivity index (χ2v) is 2.35. The van der Waals surface area contributed by atoms with Gasteiger partial charge in [-0.1, -0.05) is 17.6 Å². The number of nitrogens with two attached hydrogens (primary N) is 1. The second kappa shape index (κ2) is 3.24. The Kier molecular flexibility index (Phi) is 2.31. The number of aliphatic imine (C=N–C) groups is 1. The molecule has 0 heterocycles. The molecule has 2 nitrogen and oxygen atoms in total. The van der Waals surface area contributed by atoms with E-state index in [2.05, 4.69) is 4.99 Å². The van der Waals surface area contributed by atoms with Crippen molar-refractivity contribution in [3.8, 4) is 0 Å². The Bertz CT molecular complexity index is 277. The van der Waals surface area contributed by atoms with Gasteiger partial charge in [-0.05, 0) is 19.1 Å². The maximum Gasteiger partial charge on any atom is 0.113 e. The van der Waals surface area contributed by atoms with E-state index in [1.54, 1.807) is 13.0 Å². The van der Waals surface area contributed by atoms with Gasteiger partial charge in [0.15, 0.2) is 0 Å². The van der Waals surface area contributed by atoms with Gasteiger partial charge in [0.2, 0.25) is 0 Å². The smallest absolute Gasteiger partial charge is 0.113 e. The van der Waals surface area contributed by atoms with Crippen molar-refractivity contribution < 1.29 is 0 Å². The summed E-state index contributed by atoms with van der Waals surface area (Å²) in [6, 6.07) is 7.28. The van der Waals surface area contributed by atoms with Crippen LogP contribution in [0.3, 0.4) is 0 Å². The molecule has 0 aliphatic carbocycles. The SMILES string of the molecule is [B]c1cccc(N=C(C)N)c1. The molecule has 1 aromatic carbocycles. The van der Waals surface area contributed by atoms with E-state index in [-0.39, 0.29) is 0 Å². The summed E-state index contributed by atoms with van der Waals surface area (Å²) in [5.74, 6) is 0.538. The van der Waals surface area contributed by atoms with Crippen LogP contribution >= 0.6 is 0 Å². The van der Waals surface area contributed by atoms with E-state index in [1.807, 2.05) is 18.2 Å². The number of amidine groups is 1. The van der Waals surface area contributed by atoms with E-state index in [9.17, 15) is 0 Å². The van der Waals surface area contributed by atoms with Crippen molar-refractivity contribution in [1.29, 1.82) is 0 Å². The van der Waals surface area contributed by atoms with Crippen LogP contribution < -0.4 is 11.2 Å². The fourth-order valence-corrected chi connectivity index (χ4v) is 0.798. The Hall–Kier alpha value is -1.25. The minimum atomic E-state index is 0.538. The van der Waals surface area contributed by atoms with Crippen molar-refractivity contribution in [3.63, 3.8) is 0 Å². The van der Waals surface area contributed by atoms with Crippen LogP contribution in [0.4, 0.5) is 5.69 Å². The topological polar surface area (TPSA) is 38.4 Å². The van der Waals surface area contributed by atoms with Crippen molar-refractivity contribution in [3.05, 3.63) is 24.3 Å². The molecule has 0 aromatic heterocycles. The van der Waals surface area contributed by atoms with Crippen LogP contribution in [0.15, 0.2) is 29.3 Å². The minimum Gasteiger partial charge on any atom is -0.387 e. The Morgan fingerprint density at radius 1 is 1.55 bits per heavy atom. The third-order valence-corrected chi connectivity index (χ3v) is 1.18. The van der Waals surface area contributed by atoms with Crippen molar-refractivity contribution in [2.75, 3.05) is 0 Å². The standard InChI is InChI=1S/C8H9BN2/c1-6(10)11-8-4-2-3-7(9)5-8/h2-5H,1H3,(H2,10,11). The van der Waals surface area contributed by atoms with Crippen LogP contribution in [0.5, 0.6) is 0 Å². The number of hydrogen-bond acceptors (Lipinski definition) is 1. The third-order valence-electron chi connectivity index (χ3n) is 1.18. The van der Waals surface area contributed by atoms with E-state index in [4.69, 9.17) is 13.6 Å². The molecule has 2 radical (unpaired) electrons. The average Bonchev–Trinajstić information content (AvgIpc) is 1.85. The summed E-state index contributed by atoms with van der Waals surface area (Å²) in [6.45, 7) is 1.74. The van der Waals surface area contributed by atoms with Gasteiger partial charge in [0.05, 0.1) is 11.5 Å². The molecule has 0 aliphatic heterocycles. The van der Waals surface area contributed by atoms with Crippen LogP contribution in [0.1, 0.15) is 6.92 Å². The average molecular weight is 144 g/mol. The summed E-state index contributed by atoms with van der Waals surface area (Å²) < 4.78 is 0. The first kappa shape index (κ1) is 7.86. The number of nitrogens with zero attached hydrogens (tertiary/aromatic N) is 1. The largest absolute Gasteiger partial charge is 0.387 e. The predicted octanol–water partition coefficient (Wildman–Crippen LogP) is 0.489. The highest BCUT2D eigenvalue weighted by atomic mass is 14.8. The zero-order chi connectivity index (χ0) is 8.27. The molecule has 54 valence electrons. The van der Waals surface area contributed by atoms with Gasteiger partial charge in [-0.15, -0.1) is 0 Å². The van der Waals surface area contributed by atoms with Crippen molar-refractivity contribution >= 4 is 24.8 Å². The molecule has 0 saturated heterocycles. The maximum atomic E-state index is 5.52. The van der Waals surface area contributed by atoms with Gasteiger partial charge in [0, 0.05) is 0 Å². The minimum absolute atomic E-state index is 0.538. The fourth-order valence-electron chi connectivity index (χ4n) is 0.798. The van der Waals surface area contributed by atoms with E-state index >= 15 is 0 Å². The van der Waals surface area contributed by atoms with E-state index in [1.165, 1.54) is 0 Å². The second-order valence-electron chi connectivity index (χ2n) is 2.35. The number of benzene rings is 1. The molecule has 1 aromatic rings. The highest BCUT2D eigenvalue weighted by Gasteiger charge is 1.88. The molecule has 2 N–H and O–H groups in total. The molecule has 0 unspecified atom stereocenters. The van der Waals surface area contributed by atoms with Crippen molar-refractivity contribution in [1.82, 2.24) is 0 Å². The first-order valence-corrected chi connectivity index (χ1v) is 3.35. The Labute approximate surface area is 67.5 Å². The maximum absolute atomic E-state index is 5.52. The van der Waals surface area contributed by atoms with Crippen LogP contribution in [0.25, 0.3) is 0 Å². The molecule has 3 heteroatoms. The predicted molar refractivity (Wildman–Crippen MR) is 48.8 cm³/mol. The Morgan fingerprint density at radius 2 is 2.27 bits per heavy atom. The highest BCUT2D eigenvalue weighted by Crippen LogP contribution is 2.07. The van der Waals surface area contributed by atoms with Crippen LogP contribution in [0.2, 0.25) is 0 Å². The summed E-state index contributed by atoms with van der Waals surface area (Å²) in [6.07, 6.45) is 0. The van der Waals surface area contributed by atoms with Crippen LogP contribution in [0, 0.1) is 0 Å². The lowest BCUT2D eigenvalue weighted by Crippen LogP contribution is -2.05. The lowest BCUT2D eigenvalue weighted by atomic mass is 9.96. The van der Waals surface area contributed by atoms with Gasteiger partial charge in [-0.2, -0.15) is 0 Å². The molecule has 0 spiro atoms. The first-order valence-electron chi connectivity index (χ1n) is 3.35. The molecular weight excluding hydrogens is 135 g/mol. The van der Waals surface area contributed by atoms with Crippen LogP contribution in [-0.2, 0) is 0 Å². The first-order chi connectivity index (χ1) is 5.18. The van der Waals surface area contributed by atoms with Gasteiger partial charge >= 0.3 is 0 Å². The summed E-state index contributed by atoms with van der Waals surface area (Å²) in [5.41, 5.74) is 6.88. The molecule has 0 saturated carbocycles. The van der Waals surface area contributed by atoms with Gasteiger partial charge in [-0.25, -0.2) is 4.99 Å².